The average molecular weight is 293 g/mol. The van der Waals surface area contributed by atoms with Crippen LogP contribution in [0, 0.1) is 0 Å². The van der Waals surface area contributed by atoms with Gasteiger partial charge in [0.05, 0.1) is 14.2 Å². The Hall–Kier alpha value is -2.12. The van der Waals surface area contributed by atoms with Crippen LogP contribution in [-0.2, 0) is 4.79 Å². The molecule has 1 amide bonds. The number of hydrogen-bond donors (Lipinski definition) is 1. The molecule has 5 nitrogen and oxygen atoms in total. The highest BCUT2D eigenvalue weighted by molar-refractivity contribution is 5.77. The molecule has 8 heteroatoms. The lowest BCUT2D eigenvalue weighted by atomic mass is 10.3. The summed E-state index contributed by atoms with van der Waals surface area (Å²) in [5.41, 5.74) is 0. The number of alkyl halides is 3. The number of para-hydroxylation sites is 1. The summed E-state index contributed by atoms with van der Waals surface area (Å²) in [6.45, 7) is -1.98. The quantitative estimate of drug-likeness (QED) is 0.868. The van der Waals surface area contributed by atoms with E-state index < -0.39 is 25.2 Å². The van der Waals surface area contributed by atoms with Gasteiger partial charge >= 0.3 is 6.18 Å². The second-order valence-electron chi connectivity index (χ2n) is 3.67. The number of methoxy groups -OCH3 is 2. The molecule has 1 rings (SSSR count). The molecule has 0 bridgehead atoms. The smallest absolute Gasteiger partial charge is 0.405 e. The molecule has 0 atom stereocenters. The summed E-state index contributed by atoms with van der Waals surface area (Å²) in [5.74, 6) is -0.115. The maximum atomic E-state index is 11.9. The van der Waals surface area contributed by atoms with Crippen LogP contribution in [0.25, 0.3) is 0 Å². The molecule has 0 saturated carbocycles. The zero-order valence-corrected chi connectivity index (χ0v) is 10.9. The van der Waals surface area contributed by atoms with Crippen molar-refractivity contribution in [2.45, 2.75) is 6.18 Å². The first-order chi connectivity index (χ1) is 9.37. The van der Waals surface area contributed by atoms with Crippen LogP contribution in [0.1, 0.15) is 0 Å². The summed E-state index contributed by atoms with van der Waals surface area (Å²) < 4.78 is 50.9. The minimum absolute atomic E-state index is 0.152. The van der Waals surface area contributed by atoms with Crippen LogP contribution in [0.3, 0.4) is 0 Å². The number of nitrogens with one attached hydrogen (secondary N) is 1. The van der Waals surface area contributed by atoms with E-state index in [2.05, 4.69) is 0 Å². The molecule has 0 saturated heterocycles. The lowest BCUT2D eigenvalue weighted by molar-refractivity contribution is -0.139. The first kappa shape index (κ1) is 15.9. The van der Waals surface area contributed by atoms with Crippen LogP contribution in [-0.4, -0.2) is 39.5 Å². The van der Waals surface area contributed by atoms with E-state index in [0.717, 1.165) is 0 Å². The molecule has 20 heavy (non-hydrogen) atoms. The Morgan fingerprint density at radius 1 is 1.20 bits per heavy atom. The van der Waals surface area contributed by atoms with E-state index in [1.165, 1.54) is 14.2 Å². The first-order valence-corrected chi connectivity index (χ1v) is 5.54. The molecule has 0 aliphatic carbocycles. The van der Waals surface area contributed by atoms with Gasteiger partial charge in [0.15, 0.2) is 18.1 Å². The summed E-state index contributed by atoms with van der Waals surface area (Å²) in [5, 5.41) is 1.70. The lowest BCUT2D eigenvalue weighted by Crippen LogP contribution is -2.36. The highest BCUT2D eigenvalue weighted by Crippen LogP contribution is 2.36. The normalized spacial score (nSPS) is 10.8. The fourth-order valence-corrected chi connectivity index (χ4v) is 1.35. The van der Waals surface area contributed by atoms with Crippen molar-refractivity contribution in [3.63, 3.8) is 0 Å². The first-order valence-electron chi connectivity index (χ1n) is 5.54. The van der Waals surface area contributed by atoms with E-state index in [0.29, 0.717) is 11.5 Å². The van der Waals surface area contributed by atoms with Gasteiger partial charge in [0.2, 0.25) is 5.75 Å². The topological polar surface area (TPSA) is 56.8 Å². The fraction of sp³-hybridized carbons (Fsp3) is 0.417. The van der Waals surface area contributed by atoms with Gasteiger partial charge in [0.1, 0.15) is 6.54 Å². The minimum Gasteiger partial charge on any atom is -0.493 e. The molecule has 0 spiro atoms. The molecule has 0 heterocycles. The van der Waals surface area contributed by atoms with Crippen LogP contribution in [0.15, 0.2) is 18.2 Å². The SMILES string of the molecule is COc1cccc(OC)c1OCC(=O)NCC(F)(F)F. The largest absolute Gasteiger partial charge is 0.493 e. The van der Waals surface area contributed by atoms with E-state index in [4.69, 9.17) is 14.2 Å². The van der Waals surface area contributed by atoms with Crippen molar-refractivity contribution in [1.82, 2.24) is 5.32 Å². The Labute approximate surface area is 113 Å². The Morgan fingerprint density at radius 2 is 1.75 bits per heavy atom. The van der Waals surface area contributed by atoms with Gasteiger partial charge in [-0.2, -0.15) is 13.2 Å². The van der Waals surface area contributed by atoms with Gasteiger partial charge in [-0.1, -0.05) is 6.07 Å². The van der Waals surface area contributed by atoms with E-state index in [-0.39, 0.29) is 5.75 Å². The van der Waals surface area contributed by atoms with Crippen molar-refractivity contribution in [3.05, 3.63) is 18.2 Å². The third-order valence-electron chi connectivity index (χ3n) is 2.22. The zero-order valence-electron chi connectivity index (χ0n) is 10.9. The second kappa shape index (κ2) is 6.88. The predicted molar refractivity (Wildman–Crippen MR) is 64.1 cm³/mol. The summed E-state index contributed by atoms with van der Waals surface area (Å²) in [7, 11) is 2.79. The molecule has 0 aliphatic heterocycles. The summed E-state index contributed by atoms with van der Waals surface area (Å²) >= 11 is 0. The van der Waals surface area contributed by atoms with Crippen molar-refractivity contribution < 1.29 is 32.2 Å². The van der Waals surface area contributed by atoms with Crippen LogP contribution in [0.2, 0.25) is 0 Å². The van der Waals surface area contributed by atoms with E-state index >= 15 is 0 Å². The van der Waals surface area contributed by atoms with Crippen LogP contribution >= 0.6 is 0 Å². The minimum atomic E-state index is -4.46. The number of amides is 1. The number of carbonyl (C=O) groups excluding carboxylic acids is 1. The second-order valence-corrected chi connectivity index (χ2v) is 3.67. The van der Waals surface area contributed by atoms with Gasteiger partial charge in [0, 0.05) is 0 Å². The highest BCUT2D eigenvalue weighted by Gasteiger charge is 2.27. The van der Waals surface area contributed by atoms with Crippen LogP contribution in [0.4, 0.5) is 13.2 Å². The highest BCUT2D eigenvalue weighted by atomic mass is 19.4. The monoisotopic (exact) mass is 293 g/mol. The molecule has 0 aromatic heterocycles. The molecule has 1 aromatic carbocycles. The molecule has 112 valence electrons. The number of rotatable bonds is 6. The molecule has 1 aromatic rings. The zero-order chi connectivity index (χ0) is 15.2. The molecule has 0 radical (unpaired) electrons. The Balaban J connectivity index is 2.63. The molecular weight excluding hydrogens is 279 g/mol. The number of ether oxygens (including phenoxy) is 3. The third kappa shape index (κ3) is 4.87. The Bertz CT molecular complexity index is 440. The van der Waals surface area contributed by atoms with Gasteiger partial charge in [-0.25, -0.2) is 0 Å². The lowest BCUT2D eigenvalue weighted by Gasteiger charge is -2.14. The Kier molecular flexibility index (Phi) is 5.48. The Morgan fingerprint density at radius 3 is 2.20 bits per heavy atom. The maximum absolute atomic E-state index is 11.9. The van der Waals surface area contributed by atoms with E-state index in [9.17, 15) is 18.0 Å². The standard InChI is InChI=1S/C12H14F3NO4/c1-18-8-4-3-5-9(19-2)11(8)20-6-10(17)16-7-12(13,14)15/h3-5H,6-7H2,1-2H3,(H,16,17). The summed E-state index contributed by atoms with van der Waals surface area (Å²) in [4.78, 5) is 11.2. The van der Waals surface area contributed by atoms with Gasteiger partial charge in [-0.05, 0) is 12.1 Å². The van der Waals surface area contributed by atoms with Crippen molar-refractivity contribution in [3.8, 4) is 17.2 Å². The van der Waals surface area contributed by atoms with Crippen LogP contribution in [0.5, 0.6) is 17.2 Å². The van der Waals surface area contributed by atoms with Gasteiger partial charge in [0.25, 0.3) is 5.91 Å². The van der Waals surface area contributed by atoms with Gasteiger partial charge in [-0.15, -0.1) is 0 Å². The molecule has 1 N–H and O–H groups in total. The number of halogens is 3. The fourth-order valence-electron chi connectivity index (χ4n) is 1.35. The van der Waals surface area contributed by atoms with Crippen LogP contribution < -0.4 is 19.5 Å². The van der Waals surface area contributed by atoms with E-state index in [1.807, 2.05) is 0 Å². The van der Waals surface area contributed by atoms with Crippen molar-refractivity contribution >= 4 is 5.91 Å². The maximum Gasteiger partial charge on any atom is 0.405 e. The molecule has 0 fully saturated rings. The molecule has 0 aliphatic rings. The predicted octanol–water partition coefficient (Wildman–Crippen LogP) is 1.76. The number of benzene rings is 1. The number of hydrogen-bond acceptors (Lipinski definition) is 4. The van der Waals surface area contributed by atoms with E-state index in [1.54, 1.807) is 23.5 Å². The average Bonchev–Trinajstić information content (AvgIpc) is 2.41. The van der Waals surface area contributed by atoms with Gasteiger partial charge < -0.3 is 19.5 Å². The summed E-state index contributed by atoms with van der Waals surface area (Å²) in [6, 6.07) is 4.80. The van der Waals surface area contributed by atoms with Crippen molar-refractivity contribution in [2.75, 3.05) is 27.4 Å². The third-order valence-corrected chi connectivity index (χ3v) is 2.22. The number of carbonyl (C=O) groups is 1. The van der Waals surface area contributed by atoms with Crippen molar-refractivity contribution in [2.24, 2.45) is 0 Å². The van der Waals surface area contributed by atoms with Crippen molar-refractivity contribution in [1.29, 1.82) is 0 Å². The molecular formula is C12H14F3NO4. The van der Waals surface area contributed by atoms with Gasteiger partial charge in [-0.3, -0.25) is 4.79 Å². The summed E-state index contributed by atoms with van der Waals surface area (Å²) in [6.07, 6.45) is -4.46. The molecule has 0 unspecified atom stereocenters.